The van der Waals surface area contributed by atoms with Gasteiger partial charge in [-0.1, -0.05) is 0 Å². The predicted octanol–water partition coefficient (Wildman–Crippen LogP) is 3.45. The van der Waals surface area contributed by atoms with Gasteiger partial charge in [0.1, 0.15) is 18.2 Å². The molecule has 0 unspecified atom stereocenters. The number of anilines is 1. The number of hydrogen-bond acceptors (Lipinski definition) is 5. The maximum absolute atomic E-state index is 12.8. The molecule has 2 aromatic carbocycles. The van der Waals surface area contributed by atoms with Gasteiger partial charge in [-0.2, -0.15) is 0 Å². The van der Waals surface area contributed by atoms with Gasteiger partial charge in [-0.25, -0.2) is 4.39 Å². The van der Waals surface area contributed by atoms with Gasteiger partial charge < -0.3 is 10.1 Å². The summed E-state index contributed by atoms with van der Waals surface area (Å²) in [7, 11) is 1.76. The van der Waals surface area contributed by atoms with E-state index in [-0.39, 0.29) is 24.0 Å². The molecule has 0 fully saturated rings. The topological polar surface area (TPSA) is 84.7 Å². The molecule has 0 aliphatic rings. The van der Waals surface area contributed by atoms with Gasteiger partial charge in [-0.15, -0.1) is 0 Å². The number of nitrogens with zero attached hydrogens (tertiary/aromatic N) is 2. The number of amides is 1. The van der Waals surface area contributed by atoms with Gasteiger partial charge in [0.25, 0.3) is 5.69 Å². The van der Waals surface area contributed by atoms with E-state index < -0.39 is 4.92 Å². The van der Waals surface area contributed by atoms with Crippen molar-refractivity contribution in [1.82, 2.24) is 4.90 Å². The number of likely N-dealkylation sites (N-methyl/N-ethyl adjacent to an activating group) is 1. The van der Waals surface area contributed by atoms with Gasteiger partial charge >= 0.3 is 0 Å². The molecule has 0 aliphatic carbocycles. The first-order valence-electron chi connectivity index (χ1n) is 7.66. The Morgan fingerprint density at radius 1 is 1.31 bits per heavy atom. The molecule has 1 N–H and O–H groups in total. The summed E-state index contributed by atoms with van der Waals surface area (Å²) in [6.07, 6.45) is 0. The monoisotopic (exact) mass is 425 g/mol. The summed E-state index contributed by atoms with van der Waals surface area (Å²) in [4.78, 5) is 24.0. The summed E-state index contributed by atoms with van der Waals surface area (Å²) in [6, 6.07) is 9.82. The number of carbonyl (C=O) groups is 1. The van der Waals surface area contributed by atoms with Crippen LogP contribution in [0.25, 0.3) is 0 Å². The van der Waals surface area contributed by atoms with Crippen LogP contribution in [0.2, 0.25) is 0 Å². The normalized spacial score (nSPS) is 10.6. The van der Waals surface area contributed by atoms with E-state index in [1.165, 1.54) is 42.5 Å². The van der Waals surface area contributed by atoms with Crippen molar-refractivity contribution in [3.63, 3.8) is 0 Å². The number of benzene rings is 2. The van der Waals surface area contributed by atoms with Crippen molar-refractivity contribution in [2.24, 2.45) is 0 Å². The molecule has 7 nitrogen and oxygen atoms in total. The van der Waals surface area contributed by atoms with Crippen LogP contribution in [-0.4, -0.2) is 42.5 Å². The van der Waals surface area contributed by atoms with E-state index in [2.05, 4.69) is 21.2 Å². The molecule has 0 aromatic heterocycles. The first kappa shape index (κ1) is 19.8. The van der Waals surface area contributed by atoms with Gasteiger partial charge in [0.2, 0.25) is 5.91 Å². The molecule has 0 heterocycles. The van der Waals surface area contributed by atoms with Gasteiger partial charge in [0.15, 0.2) is 0 Å². The zero-order valence-corrected chi connectivity index (χ0v) is 15.5. The van der Waals surface area contributed by atoms with E-state index in [9.17, 15) is 19.3 Å². The Morgan fingerprint density at radius 2 is 2.00 bits per heavy atom. The number of ether oxygens (including phenoxy) is 1. The van der Waals surface area contributed by atoms with Gasteiger partial charge in [0, 0.05) is 23.2 Å². The summed E-state index contributed by atoms with van der Waals surface area (Å²) in [5.74, 6) is -0.0357. The Bertz CT molecular complexity index is 786. The number of non-ortho nitro benzene ring substituents is 1. The number of nitro benzene ring substituents is 1. The number of carbonyl (C=O) groups excluding carboxylic acids is 1. The molecule has 26 heavy (non-hydrogen) atoms. The van der Waals surface area contributed by atoms with Crippen molar-refractivity contribution < 1.29 is 18.8 Å². The Balaban J connectivity index is 1.78. The van der Waals surface area contributed by atoms with Gasteiger partial charge in [0.05, 0.1) is 17.2 Å². The molecule has 0 aliphatic heterocycles. The molecule has 0 radical (unpaired) electrons. The summed E-state index contributed by atoms with van der Waals surface area (Å²) in [5.41, 5.74) is 0.390. The largest absolute Gasteiger partial charge is 0.492 e. The quantitative estimate of drug-likeness (QED) is 0.517. The second-order valence-electron chi connectivity index (χ2n) is 5.51. The zero-order valence-electron chi connectivity index (χ0n) is 13.9. The maximum atomic E-state index is 12.8. The predicted molar refractivity (Wildman–Crippen MR) is 98.8 cm³/mol. The second-order valence-corrected chi connectivity index (χ2v) is 6.36. The van der Waals surface area contributed by atoms with E-state index in [4.69, 9.17) is 4.74 Å². The molecule has 2 aromatic rings. The van der Waals surface area contributed by atoms with Crippen LogP contribution >= 0.6 is 15.9 Å². The van der Waals surface area contributed by atoms with Crippen molar-refractivity contribution in [2.75, 3.05) is 32.1 Å². The van der Waals surface area contributed by atoms with E-state index in [0.717, 1.165) is 0 Å². The number of hydrogen-bond donors (Lipinski definition) is 1. The Morgan fingerprint density at radius 3 is 2.62 bits per heavy atom. The van der Waals surface area contributed by atoms with E-state index in [1.807, 2.05) is 0 Å². The number of nitrogens with one attached hydrogen (secondary N) is 1. The fourth-order valence-electron chi connectivity index (χ4n) is 2.08. The Hall–Kier alpha value is -2.52. The van der Waals surface area contributed by atoms with Crippen molar-refractivity contribution in [2.45, 2.75) is 0 Å². The van der Waals surface area contributed by atoms with Crippen LogP contribution in [0.5, 0.6) is 5.75 Å². The highest BCUT2D eigenvalue weighted by atomic mass is 79.9. The fraction of sp³-hybridized carbons (Fsp3) is 0.235. The lowest BCUT2D eigenvalue weighted by atomic mass is 10.3. The highest BCUT2D eigenvalue weighted by Gasteiger charge is 2.12. The SMILES string of the molecule is CN(CCOc1ccc(F)cc1)CC(=O)Nc1ccc([N+](=O)[O-])cc1Br. The maximum Gasteiger partial charge on any atom is 0.270 e. The van der Waals surface area contributed by atoms with Crippen LogP contribution < -0.4 is 10.1 Å². The van der Waals surface area contributed by atoms with Crippen molar-refractivity contribution in [3.05, 3.63) is 62.9 Å². The average molecular weight is 426 g/mol. The molecule has 0 atom stereocenters. The molecule has 9 heteroatoms. The van der Waals surface area contributed by atoms with Crippen LogP contribution in [-0.2, 0) is 4.79 Å². The number of nitro groups is 1. The average Bonchev–Trinajstić information content (AvgIpc) is 2.58. The highest BCUT2D eigenvalue weighted by molar-refractivity contribution is 9.10. The van der Waals surface area contributed by atoms with Crippen LogP contribution in [0.15, 0.2) is 46.9 Å². The highest BCUT2D eigenvalue weighted by Crippen LogP contribution is 2.27. The second kappa shape index (κ2) is 9.25. The molecule has 0 saturated carbocycles. The third-order valence-corrected chi connectivity index (χ3v) is 4.06. The Kier molecular flexibility index (Phi) is 7.05. The fourth-order valence-corrected chi connectivity index (χ4v) is 2.55. The molecule has 138 valence electrons. The van der Waals surface area contributed by atoms with Crippen LogP contribution in [0.3, 0.4) is 0 Å². The third kappa shape index (κ3) is 6.08. The van der Waals surface area contributed by atoms with Crippen molar-refractivity contribution >= 4 is 33.2 Å². The molecular weight excluding hydrogens is 409 g/mol. The summed E-state index contributed by atoms with van der Waals surface area (Å²) < 4.78 is 18.7. The molecule has 1 amide bonds. The zero-order chi connectivity index (χ0) is 19.1. The van der Waals surface area contributed by atoms with E-state index >= 15 is 0 Å². The lowest BCUT2D eigenvalue weighted by Crippen LogP contribution is -2.33. The molecule has 0 spiro atoms. The molecular formula is C17H17BrFN3O4. The minimum atomic E-state index is -0.509. The van der Waals surface area contributed by atoms with Gasteiger partial charge in [-0.05, 0) is 53.3 Å². The minimum absolute atomic E-state index is 0.0649. The van der Waals surface area contributed by atoms with Crippen LogP contribution in [0.4, 0.5) is 15.8 Å². The van der Waals surface area contributed by atoms with Crippen LogP contribution in [0, 0.1) is 15.9 Å². The lowest BCUT2D eigenvalue weighted by molar-refractivity contribution is -0.384. The van der Waals surface area contributed by atoms with Gasteiger partial charge in [-0.3, -0.25) is 19.8 Å². The van der Waals surface area contributed by atoms with Crippen LogP contribution in [0.1, 0.15) is 0 Å². The number of rotatable bonds is 8. The standard InChI is InChI=1S/C17H17BrFN3O4/c1-21(8-9-26-14-5-2-12(19)3-6-14)11-17(23)20-16-7-4-13(22(24)25)10-15(16)18/h2-7,10H,8-9,11H2,1H3,(H,20,23). The number of halogens is 2. The molecule has 0 saturated heterocycles. The van der Waals surface area contributed by atoms with E-state index in [0.29, 0.717) is 29.1 Å². The summed E-state index contributed by atoms with van der Waals surface area (Å²) in [6.45, 7) is 0.957. The Labute approximate surface area is 158 Å². The van der Waals surface area contributed by atoms with E-state index in [1.54, 1.807) is 11.9 Å². The first-order chi connectivity index (χ1) is 12.3. The third-order valence-electron chi connectivity index (χ3n) is 3.41. The van der Waals surface area contributed by atoms with Crippen molar-refractivity contribution in [1.29, 1.82) is 0 Å². The molecule has 0 bridgehead atoms. The smallest absolute Gasteiger partial charge is 0.270 e. The van der Waals surface area contributed by atoms with Crippen molar-refractivity contribution in [3.8, 4) is 5.75 Å². The first-order valence-corrected chi connectivity index (χ1v) is 8.45. The molecule has 2 rings (SSSR count). The summed E-state index contributed by atoms with van der Waals surface area (Å²) in [5, 5.41) is 13.4. The lowest BCUT2D eigenvalue weighted by Gasteiger charge is -2.17. The minimum Gasteiger partial charge on any atom is -0.492 e. The summed E-state index contributed by atoms with van der Waals surface area (Å²) >= 11 is 3.20.